The number of hydrogen-bond acceptors (Lipinski definition) is 3. The van der Waals surface area contributed by atoms with Gasteiger partial charge in [-0.25, -0.2) is 0 Å². The fraction of sp³-hybridized carbons (Fsp3) is 0.429. The number of rotatable bonds is 6. The average Bonchev–Trinajstić information content (AvgIpc) is 2.67. The van der Waals surface area contributed by atoms with Crippen LogP contribution in [0.15, 0.2) is 42.5 Å². The van der Waals surface area contributed by atoms with E-state index >= 15 is 0 Å². The summed E-state index contributed by atoms with van der Waals surface area (Å²) in [7, 11) is 0. The molecule has 2 aromatic carbocycles. The Morgan fingerprint density at radius 2 is 1.82 bits per heavy atom. The zero-order valence-corrected chi connectivity index (χ0v) is 18.7. The molecule has 3 aliphatic heterocycles. The van der Waals surface area contributed by atoms with Gasteiger partial charge in [0, 0.05) is 34.7 Å². The molecule has 2 aromatic rings. The molecule has 0 saturated carbocycles. The Morgan fingerprint density at radius 1 is 1.04 bits per heavy atom. The molecular weight excluding hydrogens is 438 g/mol. The summed E-state index contributed by atoms with van der Waals surface area (Å²) < 4.78 is 5.93. The van der Waals surface area contributed by atoms with E-state index < -0.39 is 0 Å². The van der Waals surface area contributed by atoms with Crippen LogP contribution in [0.25, 0.3) is 0 Å². The molecule has 3 heterocycles. The number of piperidine rings is 3. The fourth-order valence-corrected chi connectivity index (χ4v) is 4.45. The smallest absolute Gasteiger partial charge is 0.120 e. The first-order valence-corrected chi connectivity index (χ1v) is 10.0. The molecule has 2 bridgehead atoms. The third kappa shape index (κ3) is 5.91. The van der Waals surface area contributed by atoms with Crippen LogP contribution >= 0.6 is 48.0 Å². The molecule has 0 radical (unpaired) electrons. The lowest BCUT2D eigenvalue weighted by Crippen LogP contribution is -2.55. The lowest BCUT2D eigenvalue weighted by molar-refractivity contribution is 0.0720. The van der Waals surface area contributed by atoms with E-state index in [0.717, 1.165) is 23.8 Å². The van der Waals surface area contributed by atoms with E-state index in [1.165, 1.54) is 38.0 Å². The highest BCUT2D eigenvalue weighted by Crippen LogP contribution is 2.28. The van der Waals surface area contributed by atoms with Crippen LogP contribution in [0.4, 0.5) is 0 Å². The minimum Gasteiger partial charge on any atom is -0.489 e. The van der Waals surface area contributed by atoms with Gasteiger partial charge in [0.15, 0.2) is 0 Å². The molecule has 28 heavy (non-hydrogen) atoms. The predicted molar refractivity (Wildman–Crippen MR) is 122 cm³/mol. The molecule has 0 aromatic heterocycles. The van der Waals surface area contributed by atoms with Gasteiger partial charge in [0.1, 0.15) is 12.4 Å². The molecule has 154 valence electrons. The highest BCUT2D eigenvalue weighted by Gasteiger charge is 2.33. The van der Waals surface area contributed by atoms with Crippen LogP contribution in [-0.4, -0.2) is 30.6 Å². The van der Waals surface area contributed by atoms with E-state index in [4.69, 9.17) is 27.9 Å². The lowest BCUT2D eigenvalue weighted by atomic mass is 9.84. The van der Waals surface area contributed by atoms with Crippen molar-refractivity contribution < 1.29 is 4.74 Å². The molecule has 0 amide bonds. The van der Waals surface area contributed by atoms with Crippen molar-refractivity contribution in [3.8, 4) is 5.75 Å². The third-order valence-corrected chi connectivity index (χ3v) is 6.12. The summed E-state index contributed by atoms with van der Waals surface area (Å²) >= 11 is 12.2. The van der Waals surface area contributed by atoms with Crippen molar-refractivity contribution in [2.45, 2.75) is 32.0 Å². The van der Waals surface area contributed by atoms with Crippen molar-refractivity contribution in [3.63, 3.8) is 0 Å². The first-order chi connectivity index (χ1) is 12.7. The van der Waals surface area contributed by atoms with Gasteiger partial charge in [-0.2, -0.15) is 0 Å². The predicted octanol–water partition coefficient (Wildman–Crippen LogP) is 5.60. The molecule has 3 fully saturated rings. The summed E-state index contributed by atoms with van der Waals surface area (Å²) in [5, 5.41) is 5.03. The second-order valence-corrected chi connectivity index (χ2v) is 8.14. The largest absolute Gasteiger partial charge is 0.489 e. The monoisotopic (exact) mass is 462 g/mol. The Balaban J connectivity index is 0.00000140. The van der Waals surface area contributed by atoms with Crippen LogP contribution in [0.3, 0.4) is 0 Å². The van der Waals surface area contributed by atoms with Gasteiger partial charge in [-0.15, -0.1) is 24.8 Å². The first-order valence-electron chi connectivity index (χ1n) is 9.29. The van der Waals surface area contributed by atoms with Crippen LogP contribution in [-0.2, 0) is 13.2 Å². The Morgan fingerprint density at radius 3 is 2.50 bits per heavy atom. The molecule has 1 N–H and O–H groups in total. The van der Waals surface area contributed by atoms with E-state index in [1.54, 1.807) is 6.07 Å². The Labute approximate surface area is 189 Å². The maximum absolute atomic E-state index is 6.22. The fourth-order valence-electron chi connectivity index (χ4n) is 3.99. The highest BCUT2D eigenvalue weighted by molar-refractivity contribution is 6.35. The van der Waals surface area contributed by atoms with Crippen LogP contribution in [0.5, 0.6) is 5.75 Å². The molecule has 0 spiro atoms. The van der Waals surface area contributed by atoms with Gasteiger partial charge in [-0.1, -0.05) is 41.4 Å². The van der Waals surface area contributed by atoms with Crippen molar-refractivity contribution in [1.82, 2.24) is 10.2 Å². The van der Waals surface area contributed by atoms with Gasteiger partial charge < -0.3 is 15.0 Å². The number of halogens is 4. The number of ether oxygens (including phenoxy) is 1. The van der Waals surface area contributed by atoms with E-state index in [1.807, 2.05) is 24.3 Å². The van der Waals surface area contributed by atoms with E-state index in [2.05, 4.69) is 22.3 Å². The van der Waals surface area contributed by atoms with E-state index in [9.17, 15) is 0 Å². The molecule has 7 heteroatoms. The molecule has 5 rings (SSSR count). The second-order valence-electron chi connectivity index (χ2n) is 7.30. The van der Waals surface area contributed by atoms with Crippen LogP contribution in [0, 0.1) is 5.92 Å². The normalized spacial score (nSPS) is 22.9. The second kappa shape index (κ2) is 10.9. The zero-order valence-electron chi connectivity index (χ0n) is 15.6. The van der Waals surface area contributed by atoms with Gasteiger partial charge in [-0.3, -0.25) is 0 Å². The Hall–Kier alpha value is -0.680. The van der Waals surface area contributed by atoms with Gasteiger partial charge in [0.25, 0.3) is 0 Å². The highest BCUT2D eigenvalue weighted by atomic mass is 35.5. The topological polar surface area (TPSA) is 24.5 Å². The number of fused-ring (bicyclic) bond motifs is 3. The molecule has 3 aliphatic rings. The van der Waals surface area contributed by atoms with E-state index in [-0.39, 0.29) is 24.8 Å². The third-order valence-electron chi connectivity index (χ3n) is 5.53. The lowest BCUT2D eigenvalue weighted by Gasteiger charge is -2.45. The minimum atomic E-state index is 0. The Kier molecular flexibility index (Phi) is 9.20. The van der Waals surface area contributed by atoms with Gasteiger partial charge in [-0.05, 0) is 61.7 Å². The van der Waals surface area contributed by atoms with Crippen molar-refractivity contribution in [1.29, 1.82) is 0 Å². The Bertz CT molecular complexity index is 766. The maximum Gasteiger partial charge on any atom is 0.120 e. The van der Waals surface area contributed by atoms with Gasteiger partial charge in [0.2, 0.25) is 0 Å². The summed E-state index contributed by atoms with van der Waals surface area (Å²) in [6.45, 7) is 5.06. The number of benzene rings is 2. The van der Waals surface area contributed by atoms with Crippen molar-refractivity contribution in [2.75, 3.05) is 19.6 Å². The summed E-state index contributed by atoms with van der Waals surface area (Å²) in [6, 6.07) is 14.4. The molecule has 0 aliphatic carbocycles. The number of hydrogen-bond donors (Lipinski definition) is 1. The van der Waals surface area contributed by atoms with E-state index in [0.29, 0.717) is 22.7 Å². The summed E-state index contributed by atoms with van der Waals surface area (Å²) in [6.07, 6.45) is 2.67. The number of nitrogens with zero attached hydrogens (tertiary/aromatic N) is 1. The first kappa shape index (κ1) is 23.6. The summed E-state index contributed by atoms with van der Waals surface area (Å²) in [5.41, 5.74) is 2.19. The SMILES string of the molecule is Cl.Cl.Clc1ccc(COc2cccc(CNC3CN4CCC3CC4)c2)c(Cl)c1. The van der Waals surface area contributed by atoms with Crippen molar-refractivity contribution in [3.05, 3.63) is 63.6 Å². The molecule has 1 unspecified atom stereocenters. The molecule has 3 saturated heterocycles. The summed E-state index contributed by atoms with van der Waals surface area (Å²) in [4.78, 5) is 2.58. The minimum absolute atomic E-state index is 0. The van der Waals surface area contributed by atoms with Crippen LogP contribution in [0.1, 0.15) is 24.0 Å². The molecule has 1 atom stereocenters. The van der Waals surface area contributed by atoms with Crippen molar-refractivity contribution in [2.24, 2.45) is 5.92 Å². The quantitative estimate of drug-likeness (QED) is 0.603. The molecule has 3 nitrogen and oxygen atoms in total. The molecular formula is C21H26Cl4N2O. The van der Waals surface area contributed by atoms with Crippen molar-refractivity contribution >= 4 is 48.0 Å². The standard InChI is InChI=1S/C21H24Cl2N2O.2ClH/c22-18-5-4-17(20(23)11-18)14-26-19-3-1-2-15(10-19)12-24-21-13-25-8-6-16(21)7-9-25;;/h1-5,10-11,16,21,24H,6-9,12-14H2;2*1H. The zero-order chi connectivity index (χ0) is 17.9. The maximum atomic E-state index is 6.22. The average molecular weight is 464 g/mol. The van der Waals surface area contributed by atoms with Gasteiger partial charge >= 0.3 is 0 Å². The summed E-state index contributed by atoms with van der Waals surface area (Å²) in [5.74, 6) is 1.70. The van der Waals surface area contributed by atoms with Crippen LogP contribution < -0.4 is 10.1 Å². The van der Waals surface area contributed by atoms with Gasteiger partial charge in [0.05, 0.1) is 0 Å². The number of nitrogens with one attached hydrogen (secondary N) is 1. The van der Waals surface area contributed by atoms with Crippen LogP contribution in [0.2, 0.25) is 10.0 Å².